The molecule has 0 fully saturated rings. The van der Waals surface area contributed by atoms with Gasteiger partial charge in [0, 0.05) is 30.8 Å². The number of ether oxygens (including phenoxy) is 1. The molecule has 13 nitrogen and oxygen atoms in total. The highest BCUT2D eigenvalue weighted by molar-refractivity contribution is 5.77. The van der Waals surface area contributed by atoms with Crippen LogP contribution in [-0.4, -0.2) is 119 Å². The van der Waals surface area contributed by atoms with Crippen molar-refractivity contribution in [2.75, 3.05) is 65.3 Å². The van der Waals surface area contributed by atoms with Crippen LogP contribution in [0.2, 0.25) is 0 Å². The summed E-state index contributed by atoms with van der Waals surface area (Å²) < 4.78 is 5.40. The summed E-state index contributed by atoms with van der Waals surface area (Å²) in [6.07, 6.45) is 5.41. The number of hydrogen-bond donors (Lipinski definition) is 5. The fraction of sp³-hybridized carbons (Fsp3) is 0.636. The van der Waals surface area contributed by atoms with Crippen LogP contribution in [0.4, 0.5) is 5.69 Å². The number of nitrogens with zero attached hydrogens (tertiary/aromatic N) is 3. The van der Waals surface area contributed by atoms with E-state index in [0.717, 1.165) is 32.2 Å². The van der Waals surface area contributed by atoms with Gasteiger partial charge in [-0.2, -0.15) is 0 Å². The van der Waals surface area contributed by atoms with E-state index in [2.05, 4.69) is 11.9 Å². The van der Waals surface area contributed by atoms with Crippen LogP contribution in [0, 0.1) is 0 Å². The van der Waals surface area contributed by atoms with Gasteiger partial charge in [-0.05, 0) is 70.3 Å². The minimum absolute atomic E-state index is 0.0582. The summed E-state index contributed by atoms with van der Waals surface area (Å²) in [5, 5.41) is 38.3. The SMILES string of the molecule is C=CNc1ccc(OC)c(C(C(=O)O)N(CC)CCN(CCCC)CC(=O)O)c1.CC.CCCC(=O)O.CCCN(C)CC(=O)O. The Labute approximate surface area is 275 Å². The lowest BCUT2D eigenvalue weighted by atomic mass is 10.0. The van der Waals surface area contributed by atoms with Crippen molar-refractivity contribution >= 4 is 29.6 Å². The molecule has 1 unspecified atom stereocenters. The van der Waals surface area contributed by atoms with Gasteiger partial charge >= 0.3 is 23.9 Å². The molecular formula is C33H60N4O9. The van der Waals surface area contributed by atoms with Gasteiger partial charge in [0.2, 0.25) is 0 Å². The monoisotopic (exact) mass is 656 g/mol. The van der Waals surface area contributed by atoms with Gasteiger partial charge < -0.3 is 30.5 Å². The first kappa shape index (κ1) is 46.7. The summed E-state index contributed by atoms with van der Waals surface area (Å²) >= 11 is 0. The molecular weight excluding hydrogens is 596 g/mol. The molecule has 0 spiro atoms. The van der Waals surface area contributed by atoms with Crippen LogP contribution < -0.4 is 10.1 Å². The average molecular weight is 657 g/mol. The summed E-state index contributed by atoms with van der Waals surface area (Å²) in [6, 6.07) is 4.34. The molecule has 0 aliphatic rings. The second kappa shape index (κ2) is 30.0. The van der Waals surface area contributed by atoms with Gasteiger partial charge in [0.1, 0.15) is 11.8 Å². The Balaban J connectivity index is -0.000000890. The van der Waals surface area contributed by atoms with Crippen molar-refractivity contribution in [3.05, 3.63) is 36.5 Å². The maximum atomic E-state index is 12.2. The van der Waals surface area contributed by atoms with Crippen LogP contribution >= 0.6 is 0 Å². The first-order valence-electron chi connectivity index (χ1n) is 15.9. The number of anilines is 1. The lowest BCUT2D eigenvalue weighted by molar-refractivity contribution is -0.144. The molecule has 13 heteroatoms. The van der Waals surface area contributed by atoms with Gasteiger partial charge in [-0.3, -0.25) is 33.9 Å². The molecule has 5 N–H and O–H groups in total. The van der Waals surface area contributed by atoms with E-state index in [1.807, 2.05) is 51.3 Å². The molecule has 0 saturated carbocycles. The van der Waals surface area contributed by atoms with Crippen LogP contribution in [0.1, 0.15) is 85.3 Å². The van der Waals surface area contributed by atoms with Crippen molar-refractivity contribution in [3.63, 3.8) is 0 Å². The van der Waals surface area contributed by atoms with Gasteiger partial charge in [0.05, 0.1) is 20.2 Å². The van der Waals surface area contributed by atoms with Gasteiger partial charge in [-0.15, -0.1) is 0 Å². The van der Waals surface area contributed by atoms with Crippen molar-refractivity contribution in [2.24, 2.45) is 0 Å². The Morgan fingerprint density at radius 2 is 1.48 bits per heavy atom. The molecule has 0 heterocycles. The van der Waals surface area contributed by atoms with E-state index in [1.54, 1.807) is 30.1 Å². The van der Waals surface area contributed by atoms with E-state index in [4.69, 9.17) is 20.1 Å². The number of benzene rings is 1. The standard InChI is InChI=1S/C21H33N3O5.C6H13NO2.C4H8O2.C2H6/c1-5-8-11-23(15-19(25)26)12-13-24(7-3)20(21(27)28)17-14-16(22-6-2)9-10-18(17)29-4;1-3-4-7(2)5-6(8)9;1-2-3-4(5)6;1-2/h6,9-10,14,20,22H,2,5,7-8,11-13,15H2,1,3-4H3,(H,25,26)(H,27,28);3-5H2,1-2H3,(H,8,9);2-3H2,1H3,(H,5,6);1-2H3. The number of carbonyl (C=O) groups is 4. The third-order valence-corrected chi connectivity index (χ3v) is 6.16. The van der Waals surface area contributed by atoms with Gasteiger partial charge in [0.25, 0.3) is 0 Å². The predicted molar refractivity (Wildman–Crippen MR) is 183 cm³/mol. The molecule has 0 saturated heterocycles. The van der Waals surface area contributed by atoms with Crippen LogP contribution in [0.3, 0.4) is 0 Å². The Morgan fingerprint density at radius 3 is 1.87 bits per heavy atom. The van der Waals surface area contributed by atoms with E-state index >= 15 is 0 Å². The molecule has 0 radical (unpaired) electrons. The number of carboxylic acids is 4. The van der Waals surface area contributed by atoms with Crippen molar-refractivity contribution in [1.82, 2.24) is 14.7 Å². The molecule has 1 rings (SSSR count). The number of methoxy groups -OCH3 is 1. The van der Waals surface area contributed by atoms with Crippen molar-refractivity contribution in [2.45, 2.75) is 79.7 Å². The predicted octanol–water partition coefficient (Wildman–Crippen LogP) is 5.20. The van der Waals surface area contributed by atoms with Crippen LogP contribution in [0.25, 0.3) is 0 Å². The van der Waals surface area contributed by atoms with E-state index in [0.29, 0.717) is 49.6 Å². The van der Waals surface area contributed by atoms with E-state index in [-0.39, 0.29) is 13.1 Å². The summed E-state index contributed by atoms with van der Waals surface area (Å²) in [6.45, 7) is 18.4. The van der Waals surface area contributed by atoms with Gasteiger partial charge in [-0.25, -0.2) is 0 Å². The lowest BCUT2D eigenvalue weighted by Gasteiger charge is -2.31. The number of carboxylic acid groups (broad SMARTS) is 4. The number of aliphatic carboxylic acids is 4. The molecule has 0 bridgehead atoms. The number of unbranched alkanes of at least 4 members (excludes halogenated alkanes) is 1. The maximum Gasteiger partial charge on any atom is 0.325 e. The van der Waals surface area contributed by atoms with Gasteiger partial charge in [0.15, 0.2) is 0 Å². The Bertz CT molecular complexity index is 992. The Morgan fingerprint density at radius 1 is 0.870 bits per heavy atom. The topological polar surface area (TPSA) is 180 Å². The fourth-order valence-electron chi connectivity index (χ4n) is 4.13. The van der Waals surface area contributed by atoms with Crippen LogP contribution in [0.5, 0.6) is 5.75 Å². The number of likely N-dealkylation sites (N-methyl/N-ethyl adjacent to an activating group) is 2. The third-order valence-electron chi connectivity index (χ3n) is 6.16. The molecule has 1 aromatic carbocycles. The van der Waals surface area contributed by atoms with E-state index < -0.39 is 29.9 Å². The lowest BCUT2D eigenvalue weighted by Crippen LogP contribution is -2.41. The molecule has 0 amide bonds. The second-order valence-corrected chi connectivity index (χ2v) is 9.97. The smallest absolute Gasteiger partial charge is 0.325 e. The fourth-order valence-corrected chi connectivity index (χ4v) is 4.13. The Hall–Kier alpha value is -3.68. The minimum Gasteiger partial charge on any atom is -0.496 e. The first-order valence-corrected chi connectivity index (χ1v) is 15.9. The van der Waals surface area contributed by atoms with Crippen LogP contribution in [0.15, 0.2) is 31.0 Å². The molecule has 266 valence electrons. The molecule has 1 atom stereocenters. The number of nitrogens with one attached hydrogen (secondary N) is 1. The second-order valence-electron chi connectivity index (χ2n) is 9.97. The van der Waals surface area contributed by atoms with E-state index in [1.165, 1.54) is 13.3 Å². The van der Waals surface area contributed by atoms with Crippen LogP contribution in [-0.2, 0) is 19.2 Å². The van der Waals surface area contributed by atoms with E-state index in [9.17, 15) is 24.3 Å². The molecule has 46 heavy (non-hydrogen) atoms. The molecule has 0 aliphatic heterocycles. The van der Waals surface area contributed by atoms with Crippen molar-refractivity contribution in [3.8, 4) is 5.75 Å². The minimum atomic E-state index is -0.987. The Kier molecular flexibility index (Phi) is 30.5. The highest BCUT2D eigenvalue weighted by Crippen LogP contribution is 2.32. The number of hydrogen-bond acceptors (Lipinski definition) is 9. The normalized spacial score (nSPS) is 10.8. The average Bonchev–Trinajstić information content (AvgIpc) is 2.99. The highest BCUT2D eigenvalue weighted by Gasteiger charge is 2.30. The first-order chi connectivity index (χ1) is 21.8. The zero-order valence-electron chi connectivity index (χ0n) is 29.3. The summed E-state index contributed by atoms with van der Waals surface area (Å²) in [5.41, 5.74) is 1.25. The molecule has 1 aromatic rings. The third kappa shape index (κ3) is 23.7. The summed E-state index contributed by atoms with van der Waals surface area (Å²) in [7, 11) is 3.31. The zero-order valence-corrected chi connectivity index (χ0v) is 29.3. The maximum absolute atomic E-state index is 12.2. The summed E-state index contributed by atoms with van der Waals surface area (Å²) in [4.78, 5) is 48.4. The highest BCUT2D eigenvalue weighted by atomic mass is 16.5. The molecule has 0 aromatic heterocycles. The van der Waals surface area contributed by atoms with Crippen molar-refractivity contribution < 1.29 is 44.3 Å². The molecule has 0 aliphatic carbocycles. The quantitative estimate of drug-likeness (QED) is 0.117. The zero-order chi connectivity index (χ0) is 36.1. The number of rotatable bonds is 21. The van der Waals surface area contributed by atoms with Gasteiger partial charge in [-0.1, -0.05) is 54.5 Å². The largest absolute Gasteiger partial charge is 0.496 e. The van der Waals surface area contributed by atoms with Crippen molar-refractivity contribution in [1.29, 1.82) is 0 Å². The summed E-state index contributed by atoms with van der Waals surface area (Å²) in [5.74, 6) is -2.86.